The second kappa shape index (κ2) is 10.1. The summed E-state index contributed by atoms with van der Waals surface area (Å²) < 4.78 is 10.5. The minimum absolute atomic E-state index is 0.278. The lowest BCUT2D eigenvalue weighted by Gasteiger charge is -2.32. The molecule has 154 valence electrons. The average Bonchev–Trinajstić information content (AvgIpc) is 2.66. The highest BCUT2D eigenvalue weighted by molar-refractivity contribution is 5.81. The third-order valence-electron chi connectivity index (χ3n) is 4.40. The Morgan fingerprint density at radius 1 is 1.11 bits per heavy atom. The van der Waals surface area contributed by atoms with Crippen molar-refractivity contribution in [1.82, 2.24) is 10.2 Å². The van der Waals surface area contributed by atoms with Gasteiger partial charge in [0.25, 0.3) is 5.91 Å². The van der Waals surface area contributed by atoms with Gasteiger partial charge >= 0.3 is 12.1 Å². The van der Waals surface area contributed by atoms with Gasteiger partial charge in [-0.1, -0.05) is 30.3 Å². The molecule has 0 atom stereocenters. The normalized spacial score (nSPS) is 15.0. The van der Waals surface area contributed by atoms with Crippen LogP contribution in [0, 0.1) is 5.92 Å². The molecule has 1 aromatic rings. The molecular formula is C21H30N2O5. The highest BCUT2D eigenvalue weighted by Crippen LogP contribution is 2.20. The van der Waals surface area contributed by atoms with Crippen LogP contribution >= 0.6 is 0 Å². The minimum atomic E-state index is -0.541. The number of rotatable bonds is 6. The highest BCUT2D eigenvalue weighted by Gasteiger charge is 2.30. The van der Waals surface area contributed by atoms with Crippen LogP contribution in [0.1, 0.15) is 39.2 Å². The summed E-state index contributed by atoms with van der Waals surface area (Å²) in [5.74, 6) is -0.992. The molecule has 1 heterocycles. The monoisotopic (exact) mass is 390 g/mol. The Bertz CT molecular complexity index is 661. The maximum atomic E-state index is 12.2. The maximum Gasteiger partial charge on any atom is 0.410 e. The van der Waals surface area contributed by atoms with E-state index in [-0.39, 0.29) is 30.5 Å². The van der Waals surface area contributed by atoms with Crippen molar-refractivity contribution in [3.63, 3.8) is 0 Å². The first-order valence-electron chi connectivity index (χ1n) is 9.70. The molecule has 1 aromatic carbocycles. The summed E-state index contributed by atoms with van der Waals surface area (Å²) in [6.45, 7) is 6.56. The smallest absolute Gasteiger partial charge is 0.410 e. The maximum absolute atomic E-state index is 12.2. The van der Waals surface area contributed by atoms with E-state index in [1.807, 2.05) is 51.1 Å². The largest absolute Gasteiger partial charge is 0.455 e. The molecule has 7 heteroatoms. The molecule has 0 radical (unpaired) electrons. The molecule has 0 spiro atoms. The van der Waals surface area contributed by atoms with Gasteiger partial charge in [0, 0.05) is 19.6 Å². The van der Waals surface area contributed by atoms with Gasteiger partial charge in [0.1, 0.15) is 5.60 Å². The molecule has 2 amide bonds. The van der Waals surface area contributed by atoms with Gasteiger partial charge in [-0.2, -0.15) is 0 Å². The Labute approximate surface area is 166 Å². The van der Waals surface area contributed by atoms with Gasteiger partial charge in [-0.15, -0.1) is 0 Å². The number of piperidine rings is 1. The van der Waals surface area contributed by atoms with Crippen LogP contribution in [-0.4, -0.2) is 54.7 Å². The van der Waals surface area contributed by atoms with Gasteiger partial charge in [-0.3, -0.25) is 9.59 Å². The summed E-state index contributed by atoms with van der Waals surface area (Å²) in [5.41, 5.74) is 0.595. The van der Waals surface area contributed by atoms with Gasteiger partial charge in [-0.25, -0.2) is 4.79 Å². The van der Waals surface area contributed by atoms with Gasteiger partial charge < -0.3 is 19.7 Å². The Balaban J connectivity index is 1.63. The predicted octanol–water partition coefficient (Wildman–Crippen LogP) is 2.54. The molecule has 1 saturated heterocycles. The second-order valence-corrected chi connectivity index (χ2v) is 7.93. The third kappa shape index (κ3) is 7.58. The Morgan fingerprint density at radius 2 is 1.75 bits per heavy atom. The van der Waals surface area contributed by atoms with Crippen molar-refractivity contribution in [2.75, 3.05) is 26.2 Å². The zero-order valence-corrected chi connectivity index (χ0v) is 16.9. The number of hydrogen-bond donors (Lipinski definition) is 1. The van der Waals surface area contributed by atoms with E-state index in [2.05, 4.69) is 5.32 Å². The Kier molecular flexibility index (Phi) is 7.84. The minimum Gasteiger partial charge on any atom is -0.455 e. The molecule has 1 N–H and O–H groups in total. The van der Waals surface area contributed by atoms with E-state index in [0.29, 0.717) is 32.5 Å². The van der Waals surface area contributed by atoms with E-state index in [1.165, 1.54) is 0 Å². The predicted molar refractivity (Wildman–Crippen MR) is 105 cm³/mol. The van der Waals surface area contributed by atoms with Crippen molar-refractivity contribution in [2.24, 2.45) is 5.92 Å². The molecule has 0 saturated carbocycles. The van der Waals surface area contributed by atoms with E-state index < -0.39 is 5.60 Å². The number of nitrogens with zero attached hydrogens (tertiary/aromatic N) is 1. The number of nitrogens with one attached hydrogen (secondary N) is 1. The lowest BCUT2D eigenvalue weighted by atomic mass is 9.97. The first kappa shape index (κ1) is 21.7. The van der Waals surface area contributed by atoms with Crippen LogP contribution < -0.4 is 5.32 Å². The SMILES string of the molecule is CC(C)(C)OC(=O)N1CCC(C(=O)OCC(=O)NCCc2ccccc2)CC1. The van der Waals surface area contributed by atoms with E-state index in [9.17, 15) is 14.4 Å². The molecule has 1 fully saturated rings. The summed E-state index contributed by atoms with van der Waals surface area (Å²) in [5, 5.41) is 2.75. The summed E-state index contributed by atoms with van der Waals surface area (Å²) >= 11 is 0. The number of esters is 1. The fourth-order valence-electron chi connectivity index (χ4n) is 2.92. The number of hydrogen-bond acceptors (Lipinski definition) is 5. The van der Waals surface area contributed by atoms with Crippen molar-refractivity contribution >= 4 is 18.0 Å². The Morgan fingerprint density at radius 3 is 2.36 bits per heavy atom. The standard InChI is InChI=1S/C21H30N2O5/c1-21(2,3)28-20(26)23-13-10-17(11-14-23)19(25)27-15-18(24)22-12-9-16-7-5-4-6-8-16/h4-8,17H,9-15H2,1-3H3,(H,22,24). The van der Waals surface area contributed by atoms with Crippen molar-refractivity contribution < 1.29 is 23.9 Å². The molecule has 28 heavy (non-hydrogen) atoms. The van der Waals surface area contributed by atoms with Gasteiger partial charge in [0.2, 0.25) is 0 Å². The van der Waals surface area contributed by atoms with Crippen LogP contribution in [0.4, 0.5) is 4.79 Å². The molecule has 0 bridgehead atoms. The second-order valence-electron chi connectivity index (χ2n) is 7.93. The molecule has 1 aliphatic rings. The van der Waals surface area contributed by atoms with Crippen LogP contribution in [0.15, 0.2) is 30.3 Å². The van der Waals surface area contributed by atoms with E-state index in [1.54, 1.807) is 4.90 Å². The topological polar surface area (TPSA) is 84.9 Å². The summed E-state index contributed by atoms with van der Waals surface area (Å²) in [7, 11) is 0. The fourth-order valence-corrected chi connectivity index (χ4v) is 2.92. The number of ether oxygens (including phenoxy) is 2. The fraction of sp³-hybridized carbons (Fsp3) is 0.571. The number of benzene rings is 1. The molecule has 0 unspecified atom stereocenters. The molecule has 1 aliphatic heterocycles. The highest BCUT2D eigenvalue weighted by atomic mass is 16.6. The van der Waals surface area contributed by atoms with Crippen molar-refractivity contribution in [3.05, 3.63) is 35.9 Å². The molecule has 7 nitrogen and oxygen atoms in total. The number of carbonyl (C=O) groups is 3. The number of amides is 2. The van der Waals surface area contributed by atoms with Crippen molar-refractivity contribution in [1.29, 1.82) is 0 Å². The van der Waals surface area contributed by atoms with Crippen molar-refractivity contribution in [2.45, 2.75) is 45.6 Å². The summed E-state index contributed by atoms with van der Waals surface area (Å²) in [6.07, 6.45) is 1.38. The van der Waals surface area contributed by atoms with Gasteiger partial charge in [0.15, 0.2) is 6.61 Å². The van der Waals surface area contributed by atoms with Gasteiger partial charge in [-0.05, 0) is 45.6 Å². The third-order valence-corrected chi connectivity index (χ3v) is 4.40. The first-order valence-corrected chi connectivity index (χ1v) is 9.70. The van der Waals surface area contributed by atoms with Crippen LogP contribution in [0.25, 0.3) is 0 Å². The lowest BCUT2D eigenvalue weighted by molar-refractivity contribution is -0.154. The quantitative estimate of drug-likeness (QED) is 0.755. The van der Waals surface area contributed by atoms with Crippen LogP contribution in [-0.2, 0) is 25.5 Å². The van der Waals surface area contributed by atoms with Crippen LogP contribution in [0.3, 0.4) is 0 Å². The summed E-state index contributed by atoms with van der Waals surface area (Å²) in [4.78, 5) is 37.6. The van der Waals surface area contributed by atoms with E-state index in [0.717, 1.165) is 12.0 Å². The first-order chi connectivity index (χ1) is 13.2. The van der Waals surface area contributed by atoms with E-state index in [4.69, 9.17) is 9.47 Å². The Hall–Kier alpha value is -2.57. The van der Waals surface area contributed by atoms with Crippen LogP contribution in [0.2, 0.25) is 0 Å². The molecule has 0 aromatic heterocycles. The zero-order valence-electron chi connectivity index (χ0n) is 16.9. The number of carbonyl (C=O) groups excluding carboxylic acids is 3. The van der Waals surface area contributed by atoms with Gasteiger partial charge in [0.05, 0.1) is 5.92 Å². The molecule has 0 aliphatic carbocycles. The lowest BCUT2D eigenvalue weighted by Crippen LogP contribution is -2.43. The van der Waals surface area contributed by atoms with Crippen molar-refractivity contribution in [3.8, 4) is 0 Å². The average molecular weight is 390 g/mol. The van der Waals surface area contributed by atoms with Crippen LogP contribution in [0.5, 0.6) is 0 Å². The number of likely N-dealkylation sites (tertiary alicyclic amines) is 1. The molecule has 2 rings (SSSR count). The zero-order chi connectivity index (χ0) is 20.6. The summed E-state index contributed by atoms with van der Waals surface area (Å²) in [6, 6.07) is 9.84. The molecular weight excluding hydrogens is 360 g/mol. The van der Waals surface area contributed by atoms with E-state index >= 15 is 0 Å².